The Morgan fingerprint density at radius 1 is 0.667 bits per heavy atom. The molecule has 25 heteroatoms. The normalized spacial score (nSPS) is 15.8. The van der Waals surface area contributed by atoms with Gasteiger partial charge in [-0.25, -0.2) is 14.2 Å². The fourth-order valence-electron chi connectivity index (χ4n) is 9.67. The molecular formula is C59H55BrN15O6S3+. The molecule has 21 nitrogen and oxygen atoms in total. The largest absolute Gasteiger partial charge is 0.443 e. The van der Waals surface area contributed by atoms with Crippen molar-refractivity contribution in [2.24, 2.45) is 11.8 Å². The van der Waals surface area contributed by atoms with Crippen LogP contribution in [0.5, 0.6) is 0 Å². The quantitative estimate of drug-likeness (QED) is 0.0324. The van der Waals surface area contributed by atoms with Gasteiger partial charge in [-0.2, -0.15) is 0 Å². The van der Waals surface area contributed by atoms with Crippen LogP contribution in [-0.2, 0) is 32.2 Å². The highest BCUT2D eigenvalue weighted by molar-refractivity contribution is 9.11. The van der Waals surface area contributed by atoms with Gasteiger partial charge in [0.25, 0.3) is 0 Å². The number of hydrogen-bond acceptors (Lipinski definition) is 17. The smallest absolute Gasteiger partial charge is 0.422 e. The maximum absolute atomic E-state index is 14.8. The van der Waals surface area contributed by atoms with E-state index in [-0.39, 0.29) is 59.5 Å². The molecule has 426 valence electrons. The number of para-hydroxylation sites is 3. The van der Waals surface area contributed by atoms with Crippen LogP contribution in [0.1, 0.15) is 51.2 Å². The minimum Gasteiger partial charge on any atom is -0.443 e. The molecule has 4 unspecified atom stereocenters. The molecule has 9 aromatic rings. The summed E-state index contributed by atoms with van der Waals surface area (Å²) >= 11 is 7.01. The van der Waals surface area contributed by atoms with Crippen molar-refractivity contribution < 1.29 is 33.4 Å². The molecule has 0 aliphatic heterocycles. The van der Waals surface area contributed by atoms with Gasteiger partial charge in [0.15, 0.2) is 16.8 Å². The highest BCUT2D eigenvalue weighted by Crippen LogP contribution is 2.53. The number of rotatable bonds is 22. The molecule has 0 bridgehead atoms. The number of aromatic nitrogens is 12. The Labute approximate surface area is 503 Å². The van der Waals surface area contributed by atoms with Gasteiger partial charge in [0.05, 0.1) is 17.4 Å². The molecule has 4 atom stereocenters. The van der Waals surface area contributed by atoms with Gasteiger partial charge in [-0.3, -0.25) is 33.9 Å². The van der Waals surface area contributed by atoms with Crippen LogP contribution < -0.4 is 20.6 Å². The van der Waals surface area contributed by atoms with Crippen LogP contribution in [0.25, 0.3) is 34.2 Å². The molecule has 0 radical (unpaired) electrons. The molecule has 2 saturated carbocycles. The lowest BCUT2D eigenvalue weighted by Crippen LogP contribution is -2.41. The number of pyridine rings is 3. The van der Waals surface area contributed by atoms with Gasteiger partial charge in [0.1, 0.15) is 21.1 Å². The Kier molecular flexibility index (Phi) is 17.2. The van der Waals surface area contributed by atoms with Crippen molar-refractivity contribution in [1.82, 2.24) is 54.1 Å². The average molecular weight is 1250 g/mol. The number of benzene rings is 3. The van der Waals surface area contributed by atoms with Crippen LogP contribution in [0.2, 0.25) is 0 Å². The Hall–Kier alpha value is -8.39. The molecule has 6 aromatic heterocycles. The Morgan fingerprint density at radius 3 is 1.79 bits per heavy atom. The van der Waals surface area contributed by atoms with Crippen molar-refractivity contribution in [3.05, 3.63) is 165 Å². The zero-order valence-electron chi connectivity index (χ0n) is 45.6. The first kappa shape index (κ1) is 57.4. The van der Waals surface area contributed by atoms with E-state index in [0.29, 0.717) is 81.4 Å². The van der Waals surface area contributed by atoms with E-state index < -0.39 is 25.9 Å². The van der Waals surface area contributed by atoms with Crippen LogP contribution >= 0.6 is 51.2 Å². The first-order valence-corrected chi connectivity index (χ1v) is 30.3. The topological polar surface area (TPSA) is 252 Å². The minimum atomic E-state index is -1.08. The zero-order chi connectivity index (χ0) is 58.4. The molecule has 2 fully saturated rings. The summed E-state index contributed by atoms with van der Waals surface area (Å²) in [6.45, 7) is 5.53. The molecule has 0 spiro atoms. The second kappa shape index (κ2) is 25.2. The highest BCUT2D eigenvalue weighted by Gasteiger charge is 2.54. The number of thioether (sulfide) groups is 3. The van der Waals surface area contributed by atoms with Gasteiger partial charge in [0, 0.05) is 72.3 Å². The van der Waals surface area contributed by atoms with Gasteiger partial charge in [-0.05, 0) is 141 Å². The molecule has 6 heterocycles. The number of hydrogen-bond donors (Lipinski definition) is 3. The average Bonchev–Trinajstić information content (AvgIpc) is 2.22. The van der Waals surface area contributed by atoms with Gasteiger partial charge < -0.3 is 20.7 Å². The lowest BCUT2D eigenvalue weighted by molar-refractivity contribution is -0.744. The molecule has 84 heavy (non-hydrogen) atoms. The molecule has 3 N–H and O–H groups in total. The summed E-state index contributed by atoms with van der Waals surface area (Å²) in [5.74, 6) is -0.252. The van der Waals surface area contributed by atoms with E-state index in [1.807, 2.05) is 115 Å². The number of carbonyl (C=O) groups is 5. The third kappa shape index (κ3) is 13.3. The van der Waals surface area contributed by atoms with Gasteiger partial charge >= 0.3 is 23.0 Å². The van der Waals surface area contributed by atoms with Crippen LogP contribution in [0.4, 0.5) is 21.9 Å². The molecule has 3 amide bonds. The summed E-state index contributed by atoms with van der Waals surface area (Å²) in [5, 5.41) is 32.5. The fraction of sp³-hybridized carbons (Fsp3) is 0.254. The second-order valence-electron chi connectivity index (χ2n) is 20.6. The number of ether oxygens (including phenoxy) is 1. The predicted molar refractivity (Wildman–Crippen MR) is 322 cm³/mol. The van der Waals surface area contributed by atoms with Crippen molar-refractivity contribution in [2.45, 2.75) is 94.8 Å². The van der Waals surface area contributed by atoms with Crippen molar-refractivity contribution in [3.8, 4) is 34.2 Å². The van der Waals surface area contributed by atoms with E-state index >= 15 is 0 Å². The number of alkyl halides is 1. The van der Waals surface area contributed by atoms with E-state index in [2.05, 4.69) is 57.0 Å². The summed E-state index contributed by atoms with van der Waals surface area (Å²) in [5.41, 5.74) is 2.63. The number of anilines is 3. The molecule has 3 aromatic carbocycles. The van der Waals surface area contributed by atoms with Gasteiger partial charge in [0.2, 0.25) is 22.9 Å². The zero-order valence-corrected chi connectivity index (χ0v) is 49.6. The van der Waals surface area contributed by atoms with E-state index in [1.165, 1.54) is 39.6 Å². The van der Waals surface area contributed by atoms with Crippen molar-refractivity contribution in [1.29, 1.82) is 0 Å². The number of aryl methyl sites for hydroxylation is 1. The number of halogens is 1. The van der Waals surface area contributed by atoms with E-state index in [4.69, 9.17) is 20.0 Å². The monoisotopic (exact) mass is 1240 g/mol. The lowest BCUT2D eigenvalue weighted by Gasteiger charge is -2.26. The van der Waals surface area contributed by atoms with E-state index in [1.54, 1.807) is 72.2 Å². The standard InChI is InChI=1S/C59H54BrN15O6S3/c1-37(76)74-52(40-18-15-29-63-36-40)73(71-56(74)84-59(25-26-59)53(79)66-44-23-11-6-12-24-44)31-30-72-48(38-16-13-27-61-34-38)67-69-54(72)82-46(50(77)64-42-19-7-4-8-20-42)45-32-41(45)33-58(2,3)81-57(80)75-49(39-17-14-28-62-35-39)68-70-55(75)83-47(60)51(78)65-43-21-9-5-10-22-43/h4-24,27-29,34-36,41,45-47H,25-26,30-33H2,1-3H3,(H2-,64,65,66,77,78,79)/p+1. The first-order chi connectivity index (χ1) is 40.7. The number of amides is 3. The van der Waals surface area contributed by atoms with Crippen molar-refractivity contribution >= 4 is 98.0 Å². The van der Waals surface area contributed by atoms with Gasteiger partial charge in [-0.1, -0.05) is 94.1 Å². The van der Waals surface area contributed by atoms with Crippen LogP contribution in [0.15, 0.2) is 180 Å². The first-order valence-electron chi connectivity index (χ1n) is 26.8. The Balaban J connectivity index is 0.866. The van der Waals surface area contributed by atoms with E-state index in [0.717, 1.165) is 11.8 Å². The van der Waals surface area contributed by atoms with Crippen LogP contribution in [0, 0.1) is 11.8 Å². The number of carbonyl (C=O) groups excluding carboxylic acids is 5. The fourth-order valence-corrected chi connectivity index (χ4v) is 13.5. The summed E-state index contributed by atoms with van der Waals surface area (Å²) in [7, 11) is 0. The number of nitrogens with zero attached hydrogens (tertiary/aromatic N) is 12. The Bertz CT molecular complexity index is 3820. The van der Waals surface area contributed by atoms with Crippen molar-refractivity contribution in [2.75, 3.05) is 16.0 Å². The maximum atomic E-state index is 14.8. The molecule has 11 rings (SSSR count). The Morgan fingerprint density at radius 2 is 1.21 bits per heavy atom. The highest BCUT2D eigenvalue weighted by atomic mass is 79.9. The second-order valence-corrected chi connectivity index (χ2v) is 25.7. The van der Waals surface area contributed by atoms with Gasteiger partial charge in [-0.15, -0.1) is 29.6 Å². The molecule has 0 saturated heterocycles. The molecular weight excluding hydrogens is 1190 g/mol. The summed E-state index contributed by atoms with van der Waals surface area (Å²) in [6, 6.07) is 38.3. The van der Waals surface area contributed by atoms with E-state index in [9.17, 15) is 24.0 Å². The third-order valence-corrected chi connectivity index (χ3v) is 18.5. The van der Waals surface area contributed by atoms with Crippen LogP contribution in [0.3, 0.4) is 0 Å². The van der Waals surface area contributed by atoms with Crippen molar-refractivity contribution in [3.63, 3.8) is 0 Å². The summed E-state index contributed by atoms with van der Waals surface area (Å²) < 4.78 is 11.1. The summed E-state index contributed by atoms with van der Waals surface area (Å²) in [6.07, 6.45) is 11.3. The SMILES string of the molecule is CC(=O)n1c(SC2(C(=O)Nc3ccccc3)CC2)n[n+](CCn2c(SC(C(=O)Nc3ccccc3)C3CC3CC(C)(C)OC(=O)n3c(SC(Br)C(=O)Nc4ccccc4)nnc3-c3cccnc3)nnc2-c2cccnc2)c1-c1cccnc1. The third-order valence-electron chi connectivity index (χ3n) is 13.9. The van der Waals surface area contributed by atoms with Crippen LogP contribution in [-0.4, -0.2) is 104 Å². The minimum absolute atomic E-state index is 0.0873. The lowest BCUT2D eigenvalue weighted by atomic mass is 9.99. The predicted octanol–water partition coefficient (Wildman–Crippen LogP) is 10.2. The summed E-state index contributed by atoms with van der Waals surface area (Å²) in [4.78, 5) is 83.4. The molecule has 2 aliphatic rings. The number of nitrogens with one attached hydrogen (secondary N) is 3. The molecule has 2 aliphatic carbocycles. The maximum Gasteiger partial charge on any atom is 0.422 e.